The van der Waals surface area contributed by atoms with Crippen LogP contribution in [0.25, 0.3) is 0 Å². The van der Waals surface area contributed by atoms with Crippen molar-refractivity contribution in [3.63, 3.8) is 0 Å². The molecule has 3 N–H and O–H groups in total. The molecule has 0 atom stereocenters. The summed E-state index contributed by atoms with van der Waals surface area (Å²) in [5, 5.41) is 19.4. The lowest BCUT2D eigenvalue weighted by atomic mass is 10.0. The minimum Gasteiger partial charge on any atom is -0.321 e. The maximum atomic E-state index is 12.5. The second-order valence-corrected chi connectivity index (χ2v) is 9.66. The molecule has 1 saturated heterocycles. The zero-order chi connectivity index (χ0) is 25.5. The second-order valence-electron chi connectivity index (χ2n) is 9.66. The minimum absolute atomic E-state index is 0.221. The van der Waals surface area contributed by atoms with Crippen LogP contribution >= 0.6 is 0 Å². The number of fused-ring (bicyclic) bond motifs is 1. The lowest BCUT2D eigenvalue weighted by Crippen LogP contribution is -2.44. The molecule has 3 heterocycles. The molecule has 0 aromatic carbocycles. The van der Waals surface area contributed by atoms with Crippen molar-refractivity contribution in [2.75, 3.05) is 13.6 Å². The standard InChI is InChI=1S/C24H32N6O.C3H8/c1-16(22(26)30-21(25)9-11-24(30,3)4)7-6-8-17(2)28-23(31)20-13-19-15-29(5)12-10-18(19)14-27-20;1-3-2/h6-8,13-14,25-26H,2,9-12,15H2,1,3-5H3,(H,28,31);3H2,1-2H3/b8-6-,16-7+,25-21?,26-22?;. The van der Waals surface area contributed by atoms with E-state index in [-0.39, 0.29) is 11.4 Å². The largest absolute Gasteiger partial charge is 0.321 e. The van der Waals surface area contributed by atoms with E-state index < -0.39 is 0 Å². The van der Waals surface area contributed by atoms with Gasteiger partial charge < -0.3 is 15.1 Å². The first kappa shape index (κ1) is 27.2. The van der Waals surface area contributed by atoms with E-state index >= 15 is 0 Å². The number of pyridine rings is 1. The number of rotatable bonds is 5. The van der Waals surface area contributed by atoms with Crippen LogP contribution in [0.3, 0.4) is 0 Å². The third kappa shape index (κ3) is 6.97. The summed E-state index contributed by atoms with van der Waals surface area (Å²) in [7, 11) is 2.07. The molecule has 1 aromatic heterocycles. The van der Waals surface area contributed by atoms with Crippen molar-refractivity contribution >= 4 is 17.6 Å². The quantitative estimate of drug-likeness (QED) is 0.322. The highest BCUT2D eigenvalue weighted by Crippen LogP contribution is 2.31. The zero-order valence-corrected chi connectivity index (χ0v) is 21.6. The third-order valence-electron chi connectivity index (χ3n) is 5.88. The predicted octanol–water partition coefficient (Wildman–Crippen LogP) is 5.06. The van der Waals surface area contributed by atoms with Gasteiger partial charge in [-0.25, -0.2) is 0 Å². The molecule has 184 valence electrons. The summed E-state index contributed by atoms with van der Waals surface area (Å²) in [5.74, 6) is 0.522. The van der Waals surface area contributed by atoms with E-state index in [1.807, 2.05) is 13.0 Å². The van der Waals surface area contributed by atoms with E-state index in [1.54, 1.807) is 29.3 Å². The molecule has 0 spiro atoms. The van der Waals surface area contributed by atoms with Crippen molar-refractivity contribution in [2.45, 2.75) is 72.4 Å². The number of nitrogens with zero attached hydrogens (tertiary/aromatic N) is 3. The average molecular weight is 465 g/mol. The number of hydrogen-bond acceptors (Lipinski definition) is 5. The molecule has 1 amide bonds. The molecular formula is C27H40N6O. The van der Waals surface area contributed by atoms with Gasteiger partial charge in [0.2, 0.25) is 0 Å². The fourth-order valence-corrected chi connectivity index (χ4v) is 3.97. The highest BCUT2D eigenvalue weighted by molar-refractivity contribution is 6.08. The number of likely N-dealkylation sites (N-methyl/N-ethyl adjacent to an activating group) is 1. The van der Waals surface area contributed by atoms with Gasteiger partial charge in [-0.1, -0.05) is 39.0 Å². The van der Waals surface area contributed by atoms with Crippen molar-refractivity contribution < 1.29 is 4.79 Å². The van der Waals surface area contributed by atoms with Crippen molar-refractivity contribution in [2.24, 2.45) is 0 Å². The number of aromatic nitrogens is 1. The van der Waals surface area contributed by atoms with Crippen LogP contribution in [-0.2, 0) is 13.0 Å². The lowest BCUT2D eigenvalue weighted by Gasteiger charge is -2.33. The Hall–Kier alpha value is -3.06. The predicted molar refractivity (Wildman–Crippen MR) is 140 cm³/mol. The summed E-state index contributed by atoms with van der Waals surface area (Å²) in [5.41, 5.74) is 3.70. The van der Waals surface area contributed by atoms with Gasteiger partial charge in [0, 0.05) is 36.9 Å². The maximum Gasteiger partial charge on any atom is 0.274 e. The van der Waals surface area contributed by atoms with Crippen LogP contribution in [0.4, 0.5) is 0 Å². The first-order chi connectivity index (χ1) is 16.0. The van der Waals surface area contributed by atoms with E-state index in [9.17, 15) is 4.79 Å². The van der Waals surface area contributed by atoms with Crippen molar-refractivity contribution in [3.8, 4) is 0 Å². The summed E-state index contributed by atoms with van der Waals surface area (Å²) >= 11 is 0. The summed E-state index contributed by atoms with van der Waals surface area (Å²) < 4.78 is 0. The van der Waals surface area contributed by atoms with E-state index in [2.05, 4.69) is 56.5 Å². The number of likely N-dealkylation sites (tertiary alicyclic amines) is 1. The van der Waals surface area contributed by atoms with Crippen LogP contribution in [0.15, 0.2) is 48.3 Å². The Morgan fingerprint density at radius 2 is 1.97 bits per heavy atom. The van der Waals surface area contributed by atoms with Gasteiger partial charge in [0.25, 0.3) is 5.91 Å². The topological polar surface area (TPSA) is 96.2 Å². The number of carbonyl (C=O) groups is 1. The van der Waals surface area contributed by atoms with E-state index in [1.165, 1.54) is 12.0 Å². The van der Waals surface area contributed by atoms with Crippen molar-refractivity contribution in [1.29, 1.82) is 10.8 Å². The Labute approximate surface area is 204 Å². The van der Waals surface area contributed by atoms with Crippen LogP contribution in [0.2, 0.25) is 0 Å². The Balaban J connectivity index is 0.00000129. The summed E-state index contributed by atoms with van der Waals surface area (Å²) in [6.07, 6.45) is 10.8. The summed E-state index contributed by atoms with van der Waals surface area (Å²) in [6, 6.07) is 1.86. The van der Waals surface area contributed by atoms with Gasteiger partial charge in [0.1, 0.15) is 17.4 Å². The number of amidine groups is 2. The molecule has 0 radical (unpaired) electrons. The van der Waals surface area contributed by atoms with Crippen LogP contribution in [0, 0.1) is 10.8 Å². The number of carbonyl (C=O) groups excluding carboxylic acids is 1. The van der Waals surface area contributed by atoms with Gasteiger partial charge in [-0.2, -0.15) is 0 Å². The van der Waals surface area contributed by atoms with Gasteiger partial charge in [0.05, 0.1) is 0 Å². The van der Waals surface area contributed by atoms with Crippen LogP contribution < -0.4 is 5.32 Å². The number of allylic oxidation sites excluding steroid dienone is 3. The molecule has 3 rings (SSSR count). The first-order valence-corrected chi connectivity index (χ1v) is 12.0. The zero-order valence-electron chi connectivity index (χ0n) is 21.6. The first-order valence-electron chi connectivity index (χ1n) is 12.0. The summed E-state index contributed by atoms with van der Waals surface area (Å²) in [4.78, 5) is 20.9. The van der Waals surface area contributed by atoms with E-state index in [0.29, 0.717) is 29.5 Å². The number of nitrogens with one attached hydrogen (secondary N) is 3. The Bertz CT molecular complexity index is 1000. The minimum atomic E-state index is -0.286. The highest BCUT2D eigenvalue weighted by atomic mass is 16.1. The van der Waals surface area contributed by atoms with Gasteiger partial charge in [-0.3, -0.25) is 20.6 Å². The van der Waals surface area contributed by atoms with Crippen LogP contribution in [0.5, 0.6) is 0 Å². The van der Waals surface area contributed by atoms with E-state index in [0.717, 1.165) is 37.1 Å². The van der Waals surface area contributed by atoms with Gasteiger partial charge >= 0.3 is 0 Å². The molecule has 0 unspecified atom stereocenters. The Kier molecular flexibility index (Phi) is 9.50. The third-order valence-corrected chi connectivity index (χ3v) is 5.88. The monoisotopic (exact) mass is 464 g/mol. The van der Waals surface area contributed by atoms with Crippen LogP contribution in [0.1, 0.15) is 75.5 Å². The lowest BCUT2D eigenvalue weighted by molar-refractivity contribution is 0.0962. The average Bonchev–Trinajstić information content (AvgIpc) is 3.05. The van der Waals surface area contributed by atoms with Gasteiger partial charge in [0.15, 0.2) is 0 Å². The molecule has 2 aliphatic rings. The SMILES string of the molecule is C=C(/C=C\C=C(/C)C(=N)N1C(=N)CCC1(C)C)NC(=O)c1cc2c(cn1)CCN(C)C2.CCC. The molecule has 1 aromatic rings. The summed E-state index contributed by atoms with van der Waals surface area (Å²) in [6.45, 7) is 15.9. The fourth-order valence-electron chi connectivity index (χ4n) is 3.97. The molecule has 34 heavy (non-hydrogen) atoms. The Morgan fingerprint density at radius 3 is 2.59 bits per heavy atom. The molecule has 0 aliphatic carbocycles. The van der Waals surface area contributed by atoms with Crippen molar-refractivity contribution in [3.05, 3.63) is 65.2 Å². The molecule has 0 bridgehead atoms. The van der Waals surface area contributed by atoms with E-state index in [4.69, 9.17) is 10.8 Å². The molecule has 7 nitrogen and oxygen atoms in total. The number of hydrogen-bond donors (Lipinski definition) is 3. The molecular weight excluding hydrogens is 424 g/mol. The van der Waals surface area contributed by atoms with Crippen LogP contribution in [-0.4, -0.2) is 51.5 Å². The smallest absolute Gasteiger partial charge is 0.274 e. The fraction of sp³-hybridized carbons (Fsp3) is 0.481. The Morgan fingerprint density at radius 1 is 1.29 bits per heavy atom. The highest BCUT2D eigenvalue weighted by Gasteiger charge is 2.37. The number of amides is 1. The normalized spacial score (nSPS) is 17.8. The molecule has 1 fully saturated rings. The molecule has 7 heteroatoms. The van der Waals surface area contributed by atoms with Crippen molar-refractivity contribution in [1.82, 2.24) is 20.1 Å². The van der Waals surface area contributed by atoms with Gasteiger partial charge in [-0.15, -0.1) is 0 Å². The molecule has 2 aliphatic heterocycles. The van der Waals surface area contributed by atoms with Gasteiger partial charge in [-0.05, 0) is 69.5 Å². The maximum absolute atomic E-state index is 12.5. The second kappa shape index (κ2) is 11.9. The molecule has 0 saturated carbocycles.